The van der Waals surface area contributed by atoms with Crippen molar-refractivity contribution in [2.24, 2.45) is 5.92 Å². The summed E-state index contributed by atoms with van der Waals surface area (Å²) in [6, 6.07) is 5.35. The number of piperazine rings is 1. The number of carbonyl (C=O) groups is 2. The predicted molar refractivity (Wildman–Crippen MR) is 82.7 cm³/mol. The van der Waals surface area contributed by atoms with Crippen LogP contribution < -0.4 is 5.32 Å². The van der Waals surface area contributed by atoms with Crippen LogP contribution in [0.4, 0.5) is 0 Å². The van der Waals surface area contributed by atoms with Crippen molar-refractivity contribution in [1.29, 1.82) is 0 Å². The maximum absolute atomic E-state index is 12.5. The van der Waals surface area contributed by atoms with E-state index in [4.69, 9.17) is 0 Å². The van der Waals surface area contributed by atoms with Gasteiger partial charge < -0.3 is 10.2 Å². The third-order valence-corrected chi connectivity index (χ3v) is 4.17. The monoisotopic (exact) mass is 288 g/mol. The maximum Gasteiger partial charge on any atom is 0.245 e. The summed E-state index contributed by atoms with van der Waals surface area (Å²) >= 11 is 0. The molecule has 0 radical (unpaired) electrons. The number of carbonyl (C=O) groups excluding carboxylic acids is 2. The molecule has 2 rings (SSSR count). The van der Waals surface area contributed by atoms with Crippen molar-refractivity contribution < 1.29 is 9.59 Å². The van der Waals surface area contributed by atoms with Crippen molar-refractivity contribution in [3.8, 4) is 0 Å². The van der Waals surface area contributed by atoms with E-state index >= 15 is 0 Å². The molecule has 1 fully saturated rings. The third-order valence-electron chi connectivity index (χ3n) is 4.17. The highest BCUT2D eigenvalue weighted by atomic mass is 16.2. The zero-order valence-electron chi connectivity index (χ0n) is 13.4. The Labute approximate surface area is 126 Å². The first-order chi connectivity index (χ1) is 9.81. The van der Waals surface area contributed by atoms with Gasteiger partial charge in [-0.05, 0) is 43.4 Å². The number of nitrogens with one attached hydrogen (secondary N) is 1. The molecule has 114 valence electrons. The van der Waals surface area contributed by atoms with Crippen molar-refractivity contribution in [3.63, 3.8) is 0 Å². The van der Waals surface area contributed by atoms with E-state index in [9.17, 15) is 9.59 Å². The summed E-state index contributed by atoms with van der Waals surface area (Å²) in [7, 11) is 0. The fraction of sp³-hybridized carbons (Fsp3) is 0.529. The van der Waals surface area contributed by atoms with Crippen LogP contribution in [0.25, 0.3) is 0 Å². The van der Waals surface area contributed by atoms with E-state index in [0.717, 1.165) is 5.56 Å². The average Bonchev–Trinajstić information content (AvgIpc) is 2.39. The lowest BCUT2D eigenvalue weighted by atomic mass is 9.96. The van der Waals surface area contributed by atoms with E-state index in [1.807, 2.05) is 19.9 Å². The standard InChI is InChI=1S/C17H24N2O2/c1-10(2)15-16(20)18-13(5)17(21)19(15)9-14-7-6-11(3)12(4)8-14/h6-8,10,13,15H,9H2,1-5H3,(H,18,20). The summed E-state index contributed by atoms with van der Waals surface area (Å²) in [6.45, 7) is 10.3. The quantitative estimate of drug-likeness (QED) is 0.926. The van der Waals surface area contributed by atoms with Crippen molar-refractivity contribution in [3.05, 3.63) is 34.9 Å². The second kappa shape index (κ2) is 5.88. The molecule has 0 aliphatic carbocycles. The van der Waals surface area contributed by atoms with Crippen molar-refractivity contribution in [1.82, 2.24) is 10.2 Å². The molecular weight excluding hydrogens is 264 g/mol. The highest BCUT2D eigenvalue weighted by Crippen LogP contribution is 2.21. The number of nitrogens with zero attached hydrogens (tertiary/aromatic N) is 1. The Hall–Kier alpha value is -1.84. The lowest BCUT2D eigenvalue weighted by molar-refractivity contribution is -0.151. The molecular formula is C17H24N2O2. The number of hydrogen-bond acceptors (Lipinski definition) is 2. The Bertz CT molecular complexity index is 566. The molecule has 21 heavy (non-hydrogen) atoms. The number of amides is 2. The average molecular weight is 288 g/mol. The summed E-state index contributed by atoms with van der Waals surface area (Å²) in [5, 5.41) is 2.77. The number of rotatable bonds is 3. The molecule has 1 N–H and O–H groups in total. The van der Waals surface area contributed by atoms with Gasteiger partial charge >= 0.3 is 0 Å². The van der Waals surface area contributed by atoms with Gasteiger partial charge in [-0.3, -0.25) is 9.59 Å². The molecule has 2 amide bonds. The molecule has 1 aromatic carbocycles. The van der Waals surface area contributed by atoms with Crippen LogP contribution in [0.15, 0.2) is 18.2 Å². The second-order valence-corrected chi connectivity index (χ2v) is 6.30. The van der Waals surface area contributed by atoms with Gasteiger partial charge in [0.05, 0.1) is 0 Å². The minimum Gasteiger partial charge on any atom is -0.343 e. The normalized spacial score (nSPS) is 22.7. The molecule has 0 aromatic heterocycles. The van der Waals surface area contributed by atoms with Crippen molar-refractivity contribution in [2.45, 2.75) is 53.2 Å². The largest absolute Gasteiger partial charge is 0.343 e. The van der Waals surface area contributed by atoms with Gasteiger partial charge in [-0.25, -0.2) is 0 Å². The van der Waals surface area contributed by atoms with E-state index in [1.54, 1.807) is 11.8 Å². The number of aryl methyl sites for hydroxylation is 2. The van der Waals surface area contributed by atoms with Crippen molar-refractivity contribution >= 4 is 11.8 Å². The van der Waals surface area contributed by atoms with E-state index < -0.39 is 12.1 Å². The minimum atomic E-state index is -0.445. The summed E-state index contributed by atoms with van der Waals surface area (Å²) in [5.74, 6) is 0.0282. The van der Waals surface area contributed by atoms with Crippen LogP contribution in [-0.4, -0.2) is 28.8 Å². The molecule has 1 aliphatic heterocycles. The summed E-state index contributed by atoms with van der Waals surface area (Å²) in [5.41, 5.74) is 3.50. The molecule has 1 saturated heterocycles. The zero-order valence-corrected chi connectivity index (χ0v) is 13.4. The van der Waals surface area contributed by atoms with Gasteiger partial charge in [0.25, 0.3) is 0 Å². The van der Waals surface area contributed by atoms with Crippen molar-refractivity contribution in [2.75, 3.05) is 0 Å². The summed E-state index contributed by atoms with van der Waals surface area (Å²) < 4.78 is 0. The molecule has 0 saturated carbocycles. The number of hydrogen-bond donors (Lipinski definition) is 1. The molecule has 0 bridgehead atoms. The topological polar surface area (TPSA) is 49.4 Å². The summed E-state index contributed by atoms with van der Waals surface area (Å²) in [4.78, 5) is 26.4. The van der Waals surface area contributed by atoms with Gasteiger partial charge in [-0.1, -0.05) is 32.0 Å². The third kappa shape index (κ3) is 3.09. The molecule has 4 nitrogen and oxygen atoms in total. The Morgan fingerprint density at radius 3 is 2.43 bits per heavy atom. The molecule has 1 aromatic rings. The van der Waals surface area contributed by atoms with Crippen LogP contribution in [0.5, 0.6) is 0 Å². The Morgan fingerprint density at radius 2 is 1.86 bits per heavy atom. The van der Waals surface area contributed by atoms with E-state index in [1.165, 1.54) is 11.1 Å². The van der Waals surface area contributed by atoms with Crippen LogP contribution in [0.2, 0.25) is 0 Å². The van der Waals surface area contributed by atoms with E-state index in [2.05, 4.69) is 31.3 Å². The molecule has 2 unspecified atom stereocenters. The molecule has 1 aliphatic rings. The second-order valence-electron chi connectivity index (χ2n) is 6.30. The van der Waals surface area contributed by atoms with Gasteiger partial charge in [0, 0.05) is 6.54 Å². The van der Waals surface area contributed by atoms with E-state index in [-0.39, 0.29) is 17.7 Å². The van der Waals surface area contributed by atoms with Crippen LogP contribution in [0.3, 0.4) is 0 Å². The van der Waals surface area contributed by atoms with Gasteiger partial charge in [0.1, 0.15) is 12.1 Å². The van der Waals surface area contributed by atoms with Gasteiger partial charge in [-0.2, -0.15) is 0 Å². The lowest BCUT2D eigenvalue weighted by Crippen LogP contribution is -2.63. The number of benzene rings is 1. The first-order valence-corrected chi connectivity index (χ1v) is 7.48. The zero-order chi connectivity index (χ0) is 15.7. The highest BCUT2D eigenvalue weighted by molar-refractivity contribution is 5.96. The highest BCUT2D eigenvalue weighted by Gasteiger charge is 2.39. The SMILES string of the molecule is Cc1ccc(CN2C(=O)C(C)NC(=O)C2C(C)C)cc1C. The van der Waals surface area contributed by atoms with E-state index in [0.29, 0.717) is 6.54 Å². The molecule has 2 atom stereocenters. The minimum absolute atomic E-state index is 0.00784. The molecule has 1 heterocycles. The first-order valence-electron chi connectivity index (χ1n) is 7.48. The van der Waals surface area contributed by atoms with Gasteiger partial charge in [0.2, 0.25) is 11.8 Å². The Morgan fingerprint density at radius 1 is 1.19 bits per heavy atom. The summed E-state index contributed by atoms with van der Waals surface area (Å²) in [6.07, 6.45) is 0. The Kier molecular flexibility index (Phi) is 4.35. The fourth-order valence-electron chi connectivity index (χ4n) is 2.83. The molecule has 4 heteroatoms. The van der Waals surface area contributed by atoms with Gasteiger partial charge in [0.15, 0.2) is 0 Å². The first kappa shape index (κ1) is 15.5. The van der Waals surface area contributed by atoms with Crippen LogP contribution in [0, 0.1) is 19.8 Å². The van der Waals surface area contributed by atoms with Crippen LogP contribution >= 0.6 is 0 Å². The van der Waals surface area contributed by atoms with Crippen LogP contribution in [0.1, 0.15) is 37.5 Å². The molecule has 0 spiro atoms. The lowest BCUT2D eigenvalue weighted by Gasteiger charge is -2.40. The fourth-order valence-corrected chi connectivity index (χ4v) is 2.83. The Balaban J connectivity index is 2.30. The van der Waals surface area contributed by atoms with Gasteiger partial charge in [-0.15, -0.1) is 0 Å². The smallest absolute Gasteiger partial charge is 0.245 e. The van der Waals surface area contributed by atoms with Crippen LogP contribution in [-0.2, 0) is 16.1 Å². The maximum atomic E-state index is 12.5. The predicted octanol–water partition coefficient (Wildman–Crippen LogP) is 2.17.